The van der Waals surface area contributed by atoms with Gasteiger partial charge in [-0.2, -0.15) is 0 Å². The Bertz CT molecular complexity index is 1130. The molecule has 3 aromatic rings. The van der Waals surface area contributed by atoms with Crippen molar-refractivity contribution in [3.63, 3.8) is 0 Å². The monoisotopic (exact) mass is 398 g/mol. The minimum atomic E-state index is -0.674. The molecule has 0 radical (unpaired) electrons. The second kappa shape index (κ2) is 7.78. The number of rotatable bonds is 4. The van der Waals surface area contributed by atoms with E-state index in [9.17, 15) is 18.8 Å². The van der Waals surface area contributed by atoms with Gasteiger partial charge in [0.2, 0.25) is 0 Å². The van der Waals surface area contributed by atoms with Crippen LogP contribution >= 0.6 is 0 Å². The SMILES string of the molecule is O=C(c1c[nH]c(=O)n(Cc2ccco2)c1=O)N1CCN(c2ccccc2F)CC1. The number of para-hydroxylation sites is 1. The number of carbonyl (C=O) groups is 1. The van der Waals surface area contributed by atoms with E-state index in [0.717, 1.165) is 10.8 Å². The number of anilines is 1. The highest BCUT2D eigenvalue weighted by molar-refractivity contribution is 5.93. The van der Waals surface area contributed by atoms with Gasteiger partial charge in [0.25, 0.3) is 11.5 Å². The maximum atomic E-state index is 14.0. The van der Waals surface area contributed by atoms with Crippen LogP contribution in [0.15, 0.2) is 62.9 Å². The largest absolute Gasteiger partial charge is 0.467 e. The lowest BCUT2D eigenvalue weighted by atomic mass is 10.2. The second-order valence-corrected chi connectivity index (χ2v) is 6.71. The molecule has 2 aromatic heterocycles. The Balaban J connectivity index is 1.51. The van der Waals surface area contributed by atoms with Crippen LogP contribution in [0.25, 0.3) is 0 Å². The quantitative estimate of drug-likeness (QED) is 0.715. The summed E-state index contributed by atoms with van der Waals surface area (Å²) in [7, 11) is 0. The zero-order valence-corrected chi connectivity index (χ0v) is 15.5. The van der Waals surface area contributed by atoms with Crippen molar-refractivity contribution in [3.8, 4) is 0 Å². The first-order valence-electron chi connectivity index (χ1n) is 9.18. The average molecular weight is 398 g/mol. The van der Waals surface area contributed by atoms with Crippen LogP contribution in [-0.2, 0) is 6.54 Å². The molecule has 4 rings (SSSR count). The van der Waals surface area contributed by atoms with Gasteiger partial charge in [-0.25, -0.2) is 9.18 Å². The van der Waals surface area contributed by atoms with Crippen molar-refractivity contribution in [2.24, 2.45) is 0 Å². The summed E-state index contributed by atoms with van der Waals surface area (Å²) in [6.45, 7) is 1.49. The number of aromatic nitrogens is 2. The van der Waals surface area contributed by atoms with E-state index in [1.165, 1.54) is 17.2 Å². The van der Waals surface area contributed by atoms with E-state index in [1.807, 2.05) is 4.90 Å². The molecule has 150 valence electrons. The first-order valence-corrected chi connectivity index (χ1v) is 9.18. The molecule has 0 bridgehead atoms. The van der Waals surface area contributed by atoms with Gasteiger partial charge in [-0.05, 0) is 24.3 Å². The molecule has 0 unspecified atom stereocenters. The third-order valence-electron chi connectivity index (χ3n) is 4.95. The minimum absolute atomic E-state index is 0.0661. The van der Waals surface area contributed by atoms with Crippen molar-refractivity contribution in [2.45, 2.75) is 6.54 Å². The van der Waals surface area contributed by atoms with Crippen LogP contribution in [0.4, 0.5) is 10.1 Å². The van der Waals surface area contributed by atoms with E-state index < -0.39 is 17.2 Å². The third kappa shape index (κ3) is 3.71. The number of piperazine rings is 1. The summed E-state index contributed by atoms with van der Waals surface area (Å²) < 4.78 is 20.1. The summed E-state index contributed by atoms with van der Waals surface area (Å²) in [5, 5.41) is 0. The van der Waals surface area contributed by atoms with E-state index in [-0.39, 0.29) is 17.9 Å². The number of H-pyrrole nitrogens is 1. The molecular weight excluding hydrogens is 379 g/mol. The Morgan fingerprint density at radius 3 is 2.52 bits per heavy atom. The number of carbonyl (C=O) groups excluding carboxylic acids is 1. The van der Waals surface area contributed by atoms with Crippen LogP contribution in [0.2, 0.25) is 0 Å². The summed E-state index contributed by atoms with van der Waals surface area (Å²) in [6.07, 6.45) is 2.59. The molecule has 1 amide bonds. The Labute approximate surface area is 164 Å². The van der Waals surface area contributed by atoms with Crippen LogP contribution < -0.4 is 16.1 Å². The molecule has 1 aromatic carbocycles. The predicted octanol–water partition coefficient (Wildman–Crippen LogP) is 1.28. The lowest BCUT2D eigenvalue weighted by Gasteiger charge is -2.36. The van der Waals surface area contributed by atoms with Crippen molar-refractivity contribution >= 4 is 11.6 Å². The number of nitrogens with zero attached hydrogens (tertiary/aromatic N) is 3. The summed E-state index contributed by atoms with van der Waals surface area (Å²) >= 11 is 0. The van der Waals surface area contributed by atoms with E-state index in [0.29, 0.717) is 37.6 Å². The van der Waals surface area contributed by atoms with Crippen LogP contribution in [0, 0.1) is 5.82 Å². The van der Waals surface area contributed by atoms with Crippen molar-refractivity contribution in [1.29, 1.82) is 0 Å². The highest BCUT2D eigenvalue weighted by atomic mass is 19.1. The van der Waals surface area contributed by atoms with E-state index in [2.05, 4.69) is 4.98 Å². The minimum Gasteiger partial charge on any atom is -0.467 e. The number of amides is 1. The van der Waals surface area contributed by atoms with Gasteiger partial charge >= 0.3 is 5.69 Å². The Hall–Kier alpha value is -3.62. The standard InChI is InChI=1S/C20H19FN4O4/c21-16-5-1-2-6-17(16)23-7-9-24(10-8-23)18(26)15-12-22-20(28)25(19(15)27)13-14-4-3-11-29-14/h1-6,11-12H,7-10,13H2,(H,22,28). The summed E-state index contributed by atoms with van der Waals surface area (Å²) in [4.78, 5) is 43.5. The Morgan fingerprint density at radius 1 is 1.07 bits per heavy atom. The number of furan rings is 1. The molecule has 9 heteroatoms. The van der Waals surface area contributed by atoms with Gasteiger partial charge in [0.15, 0.2) is 0 Å². The fourth-order valence-electron chi connectivity index (χ4n) is 3.40. The van der Waals surface area contributed by atoms with Gasteiger partial charge in [-0.1, -0.05) is 12.1 Å². The van der Waals surface area contributed by atoms with Crippen LogP contribution in [0.5, 0.6) is 0 Å². The number of aromatic amines is 1. The van der Waals surface area contributed by atoms with Gasteiger partial charge in [-0.15, -0.1) is 0 Å². The number of halogens is 1. The first-order chi connectivity index (χ1) is 14.0. The number of nitrogens with one attached hydrogen (secondary N) is 1. The van der Waals surface area contributed by atoms with Gasteiger partial charge in [-0.3, -0.25) is 14.2 Å². The Kier molecular flexibility index (Phi) is 5.03. The number of hydrogen-bond acceptors (Lipinski definition) is 5. The molecule has 0 atom stereocenters. The van der Waals surface area contributed by atoms with E-state index in [1.54, 1.807) is 30.3 Å². The zero-order valence-electron chi connectivity index (χ0n) is 15.5. The second-order valence-electron chi connectivity index (χ2n) is 6.71. The lowest BCUT2D eigenvalue weighted by molar-refractivity contribution is 0.0743. The zero-order chi connectivity index (χ0) is 20.4. The maximum Gasteiger partial charge on any atom is 0.328 e. The van der Waals surface area contributed by atoms with Crippen molar-refractivity contribution < 1.29 is 13.6 Å². The molecule has 1 saturated heterocycles. The maximum absolute atomic E-state index is 14.0. The van der Waals surface area contributed by atoms with Crippen LogP contribution in [0.3, 0.4) is 0 Å². The Morgan fingerprint density at radius 2 is 1.83 bits per heavy atom. The molecule has 8 nitrogen and oxygen atoms in total. The van der Waals surface area contributed by atoms with Crippen molar-refractivity contribution in [1.82, 2.24) is 14.5 Å². The molecule has 1 aliphatic rings. The van der Waals surface area contributed by atoms with Gasteiger partial charge in [0.05, 0.1) is 18.5 Å². The molecule has 0 aliphatic carbocycles. The summed E-state index contributed by atoms with van der Waals surface area (Å²) in [5.41, 5.74) is -0.918. The van der Waals surface area contributed by atoms with Gasteiger partial charge < -0.3 is 19.2 Å². The highest BCUT2D eigenvalue weighted by Crippen LogP contribution is 2.20. The lowest BCUT2D eigenvalue weighted by Crippen LogP contribution is -2.50. The molecule has 0 spiro atoms. The normalized spacial score (nSPS) is 14.2. The molecule has 1 fully saturated rings. The molecule has 1 aliphatic heterocycles. The fraction of sp³-hybridized carbons (Fsp3) is 0.250. The average Bonchev–Trinajstić information content (AvgIpc) is 3.25. The highest BCUT2D eigenvalue weighted by Gasteiger charge is 2.26. The van der Waals surface area contributed by atoms with E-state index >= 15 is 0 Å². The van der Waals surface area contributed by atoms with Gasteiger partial charge in [0.1, 0.15) is 17.1 Å². The molecule has 29 heavy (non-hydrogen) atoms. The molecular formula is C20H19FN4O4. The molecule has 0 saturated carbocycles. The fourth-order valence-corrected chi connectivity index (χ4v) is 3.40. The smallest absolute Gasteiger partial charge is 0.328 e. The number of hydrogen-bond donors (Lipinski definition) is 1. The molecule has 3 heterocycles. The van der Waals surface area contributed by atoms with Crippen LogP contribution in [0.1, 0.15) is 16.1 Å². The van der Waals surface area contributed by atoms with Crippen molar-refractivity contribution in [3.05, 3.63) is 86.8 Å². The van der Waals surface area contributed by atoms with Gasteiger partial charge in [0, 0.05) is 32.4 Å². The first kappa shape index (κ1) is 18.7. The topological polar surface area (TPSA) is 91.5 Å². The predicted molar refractivity (Wildman–Crippen MR) is 104 cm³/mol. The summed E-state index contributed by atoms with van der Waals surface area (Å²) in [5.74, 6) is -0.345. The molecule has 1 N–H and O–H groups in total. The summed E-state index contributed by atoms with van der Waals surface area (Å²) in [6, 6.07) is 9.78. The third-order valence-corrected chi connectivity index (χ3v) is 4.95. The van der Waals surface area contributed by atoms with Crippen molar-refractivity contribution in [2.75, 3.05) is 31.1 Å². The van der Waals surface area contributed by atoms with Crippen LogP contribution in [-0.4, -0.2) is 46.5 Å². The number of benzene rings is 1. The van der Waals surface area contributed by atoms with E-state index in [4.69, 9.17) is 4.42 Å².